The molecule has 0 radical (unpaired) electrons. The van der Waals surface area contributed by atoms with E-state index in [1.54, 1.807) is 12.1 Å². The summed E-state index contributed by atoms with van der Waals surface area (Å²) in [6.45, 7) is 4.53. The highest BCUT2D eigenvalue weighted by Gasteiger charge is 2.07. The number of ether oxygens (including phenoxy) is 1. The first-order valence-corrected chi connectivity index (χ1v) is 7.94. The minimum atomic E-state index is -0.161. The van der Waals surface area contributed by atoms with Crippen molar-refractivity contribution in [2.75, 3.05) is 6.61 Å². The maximum Gasteiger partial charge on any atom is 0.244 e. The average molecular weight is 330 g/mol. The van der Waals surface area contributed by atoms with Crippen molar-refractivity contribution >= 4 is 23.6 Å². The molecule has 0 saturated carbocycles. The molecule has 2 aromatic rings. The summed E-state index contributed by atoms with van der Waals surface area (Å²) in [4.78, 5) is 12.0. The van der Waals surface area contributed by atoms with Gasteiger partial charge in [-0.3, -0.25) is 4.79 Å². The minimum Gasteiger partial charge on any atom is -0.494 e. The number of nitrogens with one attached hydrogen (secondary N) is 1. The SMILES string of the molecule is CCOc1ccc([C@H](C)NC(=O)/C=C/c2ccccc2Cl)cc1. The van der Waals surface area contributed by atoms with E-state index in [-0.39, 0.29) is 11.9 Å². The van der Waals surface area contributed by atoms with E-state index in [0.717, 1.165) is 16.9 Å². The van der Waals surface area contributed by atoms with Gasteiger partial charge < -0.3 is 10.1 Å². The first-order chi connectivity index (χ1) is 11.1. The molecule has 3 nitrogen and oxygen atoms in total. The Morgan fingerprint density at radius 3 is 2.57 bits per heavy atom. The summed E-state index contributed by atoms with van der Waals surface area (Å²) in [7, 11) is 0. The number of rotatable bonds is 6. The highest BCUT2D eigenvalue weighted by Crippen LogP contribution is 2.18. The molecule has 4 heteroatoms. The fourth-order valence-electron chi connectivity index (χ4n) is 2.14. The minimum absolute atomic E-state index is 0.0888. The Bertz CT molecular complexity index is 680. The standard InChI is InChI=1S/C19H20ClNO2/c1-3-23-17-11-8-15(9-12-17)14(2)21-19(22)13-10-16-6-4-5-7-18(16)20/h4-14H,3H2,1-2H3,(H,21,22)/b13-10+/t14-/m0/s1. The van der Waals surface area contributed by atoms with Crippen LogP contribution in [0.4, 0.5) is 0 Å². The third-order valence-corrected chi connectivity index (χ3v) is 3.71. The van der Waals surface area contributed by atoms with Crippen molar-refractivity contribution in [3.05, 3.63) is 70.8 Å². The van der Waals surface area contributed by atoms with Gasteiger partial charge in [0.25, 0.3) is 0 Å². The molecule has 0 spiro atoms. The predicted molar refractivity (Wildman–Crippen MR) is 94.7 cm³/mol. The molecule has 0 aliphatic carbocycles. The van der Waals surface area contributed by atoms with Crippen molar-refractivity contribution in [1.82, 2.24) is 5.32 Å². The average Bonchev–Trinajstić information content (AvgIpc) is 2.55. The van der Waals surface area contributed by atoms with E-state index in [4.69, 9.17) is 16.3 Å². The van der Waals surface area contributed by atoms with Gasteiger partial charge in [0, 0.05) is 11.1 Å². The second-order valence-electron chi connectivity index (χ2n) is 5.09. The zero-order valence-electron chi connectivity index (χ0n) is 13.3. The second-order valence-corrected chi connectivity index (χ2v) is 5.49. The van der Waals surface area contributed by atoms with Gasteiger partial charge in [-0.1, -0.05) is 41.9 Å². The topological polar surface area (TPSA) is 38.3 Å². The van der Waals surface area contributed by atoms with Crippen LogP contribution in [0, 0.1) is 0 Å². The van der Waals surface area contributed by atoms with Crippen molar-refractivity contribution in [1.29, 1.82) is 0 Å². The van der Waals surface area contributed by atoms with Crippen LogP contribution in [0.25, 0.3) is 6.08 Å². The van der Waals surface area contributed by atoms with Gasteiger partial charge in [0.2, 0.25) is 5.91 Å². The van der Waals surface area contributed by atoms with E-state index in [1.807, 2.05) is 56.3 Å². The summed E-state index contributed by atoms with van der Waals surface area (Å²) < 4.78 is 5.41. The molecular weight excluding hydrogens is 310 g/mol. The summed E-state index contributed by atoms with van der Waals surface area (Å²) >= 11 is 6.05. The molecule has 0 aliphatic rings. The largest absolute Gasteiger partial charge is 0.494 e. The molecule has 0 bridgehead atoms. The van der Waals surface area contributed by atoms with Gasteiger partial charge in [-0.15, -0.1) is 0 Å². The zero-order chi connectivity index (χ0) is 16.7. The first kappa shape index (κ1) is 17.1. The Hall–Kier alpha value is -2.26. The molecule has 0 fully saturated rings. The fourth-order valence-corrected chi connectivity index (χ4v) is 2.34. The van der Waals surface area contributed by atoms with Crippen LogP contribution in [-0.2, 0) is 4.79 Å². The summed E-state index contributed by atoms with van der Waals surface area (Å²) in [5.41, 5.74) is 1.84. The highest BCUT2D eigenvalue weighted by atomic mass is 35.5. The second kappa shape index (κ2) is 8.39. The van der Waals surface area contributed by atoms with Crippen LogP contribution in [-0.4, -0.2) is 12.5 Å². The van der Waals surface area contributed by atoms with Crippen LogP contribution in [0.2, 0.25) is 5.02 Å². The van der Waals surface area contributed by atoms with E-state index in [0.29, 0.717) is 11.6 Å². The summed E-state index contributed by atoms with van der Waals surface area (Å²) in [6, 6.07) is 15.0. The molecule has 0 saturated heterocycles. The normalized spacial score (nSPS) is 12.1. The van der Waals surface area contributed by atoms with Crippen LogP contribution in [0.15, 0.2) is 54.6 Å². The van der Waals surface area contributed by atoms with Gasteiger partial charge in [0.1, 0.15) is 5.75 Å². The Morgan fingerprint density at radius 1 is 1.22 bits per heavy atom. The van der Waals surface area contributed by atoms with Gasteiger partial charge in [-0.25, -0.2) is 0 Å². The number of halogens is 1. The van der Waals surface area contributed by atoms with Crippen molar-refractivity contribution < 1.29 is 9.53 Å². The van der Waals surface area contributed by atoms with Crippen molar-refractivity contribution in [2.45, 2.75) is 19.9 Å². The lowest BCUT2D eigenvalue weighted by atomic mass is 10.1. The molecular formula is C19H20ClNO2. The van der Waals surface area contributed by atoms with Crippen LogP contribution < -0.4 is 10.1 Å². The smallest absolute Gasteiger partial charge is 0.244 e. The number of carbonyl (C=O) groups is 1. The predicted octanol–water partition coefficient (Wildman–Crippen LogP) is 4.63. The number of hydrogen-bond donors (Lipinski definition) is 1. The molecule has 120 valence electrons. The van der Waals surface area contributed by atoms with Crippen molar-refractivity contribution in [3.8, 4) is 5.75 Å². The summed E-state index contributed by atoms with van der Waals surface area (Å²) in [5.74, 6) is 0.666. The third-order valence-electron chi connectivity index (χ3n) is 3.37. The Kier molecular flexibility index (Phi) is 6.24. The van der Waals surface area contributed by atoms with E-state index < -0.39 is 0 Å². The number of amides is 1. The Morgan fingerprint density at radius 2 is 1.91 bits per heavy atom. The zero-order valence-corrected chi connectivity index (χ0v) is 14.0. The first-order valence-electron chi connectivity index (χ1n) is 7.56. The maximum absolute atomic E-state index is 12.0. The van der Waals surface area contributed by atoms with E-state index in [9.17, 15) is 4.79 Å². The van der Waals surface area contributed by atoms with Crippen LogP contribution in [0.5, 0.6) is 5.75 Å². The molecule has 2 aromatic carbocycles. The number of carbonyl (C=O) groups excluding carboxylic acids is 1. The van der Waals surface area contributed by atoms with Gasteiger partial charge in [-0.05, 0) is 49.2 Å². The summed E-state index contributed by atoms with van der Waals surface area (Å²) in [6.07, 6.45) is 3.20. The monoisotopic (exact) mass is 329 g/mol. The molecule has 1 N–H and O–H groups in total. The molecule has 0 aromatic heterocycles. The Labute approximate surface area is 141 Å². The van der Waals surface area contributed by atoms with Crippen LogP contribution >= 0.6 is 11.6 Å². The third kappa shape index (κ3) is 5.15. The maximum atomic E-state index is 12.0. The molecule has 0 heterocycles. The van der Waals surface area contributed by atoms with Gasteiger partial charge in [-0.2, -0.15) is 0 Å². The van der Waals surface area contributed by atoms with E-state index >= 15 is 0 Å². The van der Waals surface area contributed by atoms with Crippen LogP contribution in [0.3, 0.4) is 0 Å². The van der Waals surface area contributed by atoms with Crippen molar-refractivity contribution in [3.63, 3.8) is 0 Å². The van der Waals surface area contributed by atoms with Gasteiger partial charge in [0.15, 0.2) is 0 Å². The lowest BCUT2D eigenvalue weighted by Crippen LogP contribution is -2.24. The van der Waals surface area contributed by atoms with Crippen LogP contribution in [0.1, 0.15) is 31.0 Å². The molecule has 2 rings (SSSR count). The molecule has 1 atom stereocenters. The van der Waals surface area contributed by atoms with E-state index in [2.05, 4.69) is 5.32 Å². The van der Waals surface area contributed by atoms with Gasteiger partial charge >= 0.3 is 0 Å². The number of benzene rings is 2. The molecule has 1 amide bonds. The van der Waals surface area contributed by atoms with Gasteiger partial charge in [0.05, 0.1) is 12.6 Å². The molecule has 0 unspecified atom stereocenters. The fraction of sp³-hybridized carbons (Fsp3) is 0.211. The Balaban J connectivity index is 1.95. The highest BCUT2D eigenvalue weighted by molar-refractivity contribution is 6.32. The number of hydrogen-bond acceptors (Lipinski definition) is 2. The molecule has 0 aliphatic heterocycles. The lowest BCUT2D eigenvalue weighted by molar-refractivity contribution is -0.117. The van der Waals surface area contributed by atoms with E-state index in [1.165, 1.54) is 6.08 Å². The van der Waals surface area contributed by atoms with Crippen molar-refractivity contribution in [2.24, 2.45) is 0 Å². The lowest BCUT2D eigenvalue weighted by Gasteiger charge is -2.13. The quantitative estimate of drug-likeness (QED) is 0.785. The summed E-state index contributed by atoms with van der Waals surface area (Å²) in [5, 5.41) is 3.55. The molecule has 23 heavy (non-hydrogen) atoms.